The number of carbonyl (C=O) groups is 4. The van der Waals surface area contributed by atoms with Gasteiger partial charge in [-0.25, -0.2) is 14.5 Å². The average molecular weight is 807 g/mol. The van der Waals surface area contributed by atoms with E-state index in [-0.39, 0.29) is 25.9 Å². The van der Waals surface area contributed by atoms with Crippen molar-refractivity contribution in [1.82, 2.24) is 29.5 Å². The summed E-state index contributed by atoms with van der Waals surface area (Å²) in [7, 11) is -1.32. The zero-order valence-electron chi connectivity index (χ0n) is 34.0. The molecule has 2 aliphatic rings. The summed E-state index contributed by atoms with van der Waals surface area (Å²) < 4.78 is 46.4. The van der Waals surface area contributed by atoms with Gasteiger partial charge in [-0.2, -0.15) is 12.7 Å². The molecule has 308 valence electrons. The number of ether oxygens (including phenoxy) is 3. The molecule has 1 unspecified atom stereocenters. The van der Waals surface area contributed by atoms with Crippen molar-refractivity contribution in [2.24, 2.45) is 11.3 Å². The quantitative estimate of drug-likeness (QED) is 0.207. The number of nitrogens with zero attached hydrogens (tertiary/aromatic N) is 3. The van der Waals surface area contributed by atoms with Gasteiger partial charge in [0.1, 0.15) is 40.8 Å². The number of hydrogen-bond donors (Lipinski definition) is 3. The fraction of sp³-hybridized carbons (Fsp3) is 0.488. The third-order valence-electron chi connectivity index (χ3n) is 10.1. The molecule has 1 aliphatic heterocycles. The van der Waals surface area contributed by atoms with Gasteiger partial charge in [0.15, 0.2) is 0 Å². The van der Waals surface area contributed by atoms with Gasteiger partial charge in [0.2, 0.25) is 11.8 Å². The van der Waals surface area contributed by atoms with Crippen LogP contribution < -0.4 is 24.8 Å². The number of methoxy groups -OCH3 is 1. The van der Waals surface area contributed by atoms with Crippen LogP contribution in [0.5, 0.6) is 11.5 Å². The van der Waals surface area contributed by atoms with Gasteiger partial charge < -0.3 is 29.7 Å². The van der Waals surface area contributed by atoms with E-state index < -0.39 is 74.7 Å². The Kier molecular flexibility index (Phi) is 12.3. The summed E-state index contributed by atoms with van der Waals surface area (Å²) in [6.45, 7) is 15.9. The van der Waals surface area contributed by atoms with Crippen molar-refractivity contribution in [3.8, 4) is 22.8 Å². The molecule has 2 fully saturated rings. The minimum absolute atomic E-state index is 0.00512. The molecule has 1 aromatic heterocycles. The standard InChI is InChI=1S/C41H54N6O9S/c1-11-26-23-41(26,37(50)45-57(52,53)46(9)12-2)44-35(48)32-21-28(24-47(32)36(49)34(39(3,4)5)43-38(51)56-40(6,7)8)55-33-22-30(25-16-14-13-15-17-25)42-31-20-27(54-10)18-19-29(31)33/h11,13-20,22,26,28,32,34H,1,12,21,23-24H2,2-10H3,(H,43,51)(H,44,48)(H,45,50)/t26?,28-,32+,34-,41-/m1/s1. The normalized spacial score (nSPS) is 21.4. The maximum Gasteiger partial charge on any atom is 0.408 e. The number of rotatable bonds is 13. The van der Waals surface area contributed by atoms with Gasteiger partial charge >= 0.3 is 16.3 Å². The Morgan fingerprint density at radius 3 is 2.33 bits per heavy atom. The van der Waals surface area contributed by atoms with Crippen LogP contribution in [0.3, 0.4) is 0 Å². The Labute approximate surface area is 334 Å². The van der Waals surface area contributed by atoms with Crippen LogP contribution >= 0.6 is 0 Å². The first-order chi connectivity index (χ1) is 26.6. The van der Waals surface area contributed by atoms with E-state index in [0.717, 1.165) is 9.87 Å². The molecule has 0 spiro atoms. The van der Waals surface area contributed by atoms with Crippen LogP contribution in [0.1, 0.15) is 61.3 Å². The van der Waals surface area contributed by atoms with Gasteiger partial charge in [0, 0.05) is 49.0 Å². The van der Waals surface area contributed by atoms with Gasteiger partial charge in [-0.15, -0.1) is 6.58 Å². The summed E-state index contributed by atoms with van der Waals surface area (Å²) in [6.07, 6.45) is 0.0137. The maximum absolute atomic E-state index is 14.7. The van der Waals surface area contributed by atoms with Crippen molar-refractivity contribution >= 4 is 44.9 Å². The molecule has 15 nitrogen and oxygen atoms in total. The highest BCUT2D eigenvalue weighted by molar-refractivity contribution is 7.87. The summed E-state index contributed by atoms with van der Waals surface area (Å²) in [5.41, 5.74) is -1.25. The van der Waals surface area contributed by atoms with Gasteiger partial charge in [0.05, 0.1) is 24.9 Å². The SMILES string of the molecule is C=CC1C[C@]1(NC(=O)[C@@H]1C[C@@H](Oc2cc(-c3ccccc3)nc3cc(OC)ccc23)CN1C(=O)[C@@H](NC(=O)OC(C)(C)C)C(C)(C)C)C(=O)NS(=O)(=O)N(C)CC. The van der Waals surface area contributed by atoms with E-state index in [1.165, 1.54) is 18.0 Å². The lowest BCUT2D eigenvalue weighted by atomic mass is 9.85. The predicted octanol–water partition coefficient (Wildman–Crippen LogP) is 4.57. The minimum atomic E-state index is -4.21. The molecule has 1 saturated heterocycles. The first-order valence-corrected chi connectivity index (χ1v) is 20.3. The second-order valence-electron chi connectivity index (χ2n) is 16.5. The summed E-state index contributed by atoms with van der Waals surface area (Å²) in [5, 5.41) is 6.18. The van der Waals surface area contributed by atoms with Crippen molar-refractivity contribution in [3.05, 3.63) is 67.3 Å². The van der Waals surface area contributed by atoms with E-state index in [2.05, 4.69) is 21.9 Å². The second kappa shape index (κ2) is 16.3. The molecule has 16 heteroatoms. The Morgan fingerprint density at radius 1 is 1.07 bits per heavy atom. The number of nitrogens with one attached hydrogen (secondary N) is 3. The molecule has 2 aromatic carbocycles. The Balaban J connectivity index is 1.52. The van der Waals surface area contributed by atoms with Gasteiger partial charge in [-0.1, -0.05) is 64.1 Å². The van der Waals surface area contributed by atoms with Gasteiger partial charge in [0.25, 0.3) is 5.91 Å². The number of amides is 4. The Morgan fingerprint density at radius 2 is 1.75 bits per heavy atom. The Hall–Kier alpha value is -5.22. The first kappa shape index (κ1) is 42.9. The highest BCUT2D eigenvalue weighted by atomic mass is 32.2. The van der Waals surface area contributed by atoms with Crippen LogP contribution in [0.2, 0.25) is 0 Å². The molecule has 3 N–H and O–H groups in total. The number of carbonyl (C=O) groups excluding carboxylic acids is 4. The zero-order valence-corrected chi connectivity index (χ0v) is 34.9. The van der Waals surface area contributed by atoms with E-state index in [4.69, 9.17) is 19.2 Å². The monoisotopic (exact) mass is 806 g/mol. The number of fused-ring (bicyclic) bond motifs is 1. The molecule has 3 aromatic rings. The molecule has 2 heterocycles. The second-order valence-corrected chi connectivity index (χ2v) is 18.3. The van der Waals surface area contributed by atoms with Crippen LogP contribution in [-0.4, -0.2) is 103 Å². The molecule has 57 heavy (non-hydrogen) atoms. The third kappa shape index (κ3) is 9.67. The molecule has 5 atom stereocenters. The maximum atomic E-state index is 14.7. The molecule has 0 radical (unpaired) electrons. The van der Waals surface area contributed by atoms with E-state index in [0.29, 0.717) is 28.1 Å². The Bertz CT molecular complexity index is 2130. The summed E-state index contributed by atoms with van der Waals surface area (Å²) in [6, 6.07) is 14.4. The number of likely N-dealkylation sites (tertiary alicyclic amines) is 1. The molecule has 0 bridgehead atoms. The van der Waals surface area contributed by atoms with Crippen LogP contribution in [0, 0.1) is 11.3 Å². The number of benzene rings is 2. The average Bonchev–Trinajstić information content (AvgIpc) is 3.70. The lowest BCUT2D eigenvalue weighted by molar-refractivity contribution is -0.143. The number of alkyl carbamates (subject to hydrolysis) is 1. The van der Waals surface area contributed by atoms with Crippen molar-refractivity contribution in [2.75, 3.05) is 27.2 Å². The van der Waals surface area contributed by atoms with Crippen LogP contribution in [-0.2, 0) is 29.3 Å². The zero-order chi connectivity index (χ0) is 42.1. The fourth-order valence-corrected chi connectivity index (χ4v) is 7.66. The summed E-state index contributed by atoms with van der Waals surface area (Å²) >= 11 is 0. The number of aromatic nitrogens is 1. The molecular formula is C41H54N6O9S. The fourth-order valence-electron chi connectivity index (χ4n) is 6.75. The van der Waals surface area contributed by atoms with E-state index in [1.54, 1.807) is 73.8 Å². The van der Waals surface area contributed by atoms with Crippen molar-refractivity contribution in [2.45, 2.75) is 90.6 Å². The predicted molar refractivity (Wildman–Crippen MR) is 215 cm³/mol. The van der Waals surface area contributed by atoms with E-state index in [1.807, 2.05) is 36.4 Å². The summed E-state index contributed by atoms with van der Waals surface area (Å²) in [4.78, 5) is 62.1. The van der Waals surface area contributed by atoms with Crippen LogP contribution in [0.4, 0.5) is 4.79 Å². The highest BCUT2D eigenvalue weighted by Gasteiger charge is 2.61. The largest absolute Gasteiger partial charge is 0.497 e. The first-order valence-electron chi connectivity index (χ1n) is 18.9. The van der Waals surface area contributed by atoms with E-state index in [9.17, 15) is 27.6 Å². The highest BCUT2D eigenvalue weighted by Crippen LogP contribution is 2.45. The lowest BCUT2D eigenvalue weighted by Gasteiger charge is -2.36. The van der Waals surface area contributed by atoms with Crippen LogP contribution in [0.25, 0.3) is 22.2 Å². The molecular weight excluding hydrogens is 753 g/mol. The minimum Gasteiger partial charge on any atom is -0.497 e. The number of hydrogen-bond acceptors (Lipinski definition) is 10. The van der Waals surface area contributed by atoms with Crippen LogP contribution in [0.15, 0.2) is 67.3 Å². The topological polar surface area (TPSA) is 186 Å². The lowest BCUT2D eigenvalue weighted by Crippen LogP contribution is -2.60. The summed E-state index contributed by atoms with van der Waals surface area (Å²) in [5.74, 6) is -1.72. The molecule has 1 saturated carbocycles. The van der Waals surface area contributed by atoms with Crippen molar-refractivity contribution in [1.29, 1.82) is 0 Å². The van der Waals surface area contributed by atoms with Gasteiger partial charge in [-0.05, 0) is 44.7 Å². The molecule has 4 amide bonds. The molecule has 1 aliphatic carbocycles. The van der Waals surface area contributed by atoms with E-state index >= 15 is 0 Å². The van der Waals surface area contributed by atoms with Crippen molar-refractivity contribution < 1.29 is 41.8 Å². The van der Waals surface area contributed by atoms with Gasteiger partial charge in [-0.3, -0.25) is 14.4 Å². The molecule has 5 rings (SSSR count). The van der Waals surface area contributed by atoms with Crippen molar-refractivity contribution in [3.63, 3.8) is 0 Å². The smallest absolute Gasteiger partial charge is 0.408 e. The number of pyridine rings is 1. The third-order valence-corrected chi connectivity index (χ3v) is 11.6.